The van der Waals surface area contributed by atoms with Crippen LogP contribution in [0.25, 0.3) is 0 Å². The van der Waals surface area contributed by atoms with E-state index in [1.807, 2.05) is 68.5 Å². The predicted octanol–water partition coefficient (Wildman–Crippen LogP) is 7.92. The number of ketones is 2. The Hall–Kier alpha value is -4.97. The molecular formula is C54H67NO10. The Balaban J connectivity index is 0.955. The van der Waals surface area contributed by atoms with Crippen molar-refractivity contribution in [1.29, 1.82) is 0 Å². The molecule has 3 fully saturated rings. The van der Waals surface area contributed by atoms with Gasteiger partial charge in [0.05, 0.1) is 23.3 Å². The van der Waals surface area contributed by atoms with Gasteiger partial charge in [-0.05, 0) is 137 Å². The van der Waals surface area contributed by atoms with Gasteiger partial charge in [0.2, 0.25) is 11.7 Å². The molecule has 0 bridgehead atoms. The van der Waals surface area contributed by atoms with Crippen molar-refractivity contribution in [1.82, 2.24) is 5.32 Å². The number of carbonyl (C=O) groups is 5. The van der Waals surface area contributed by atoms with Crippen molar-refractivity contribution in [2.75, 3.05) is 13.2 Å². The first-order valence-electron chi connectivity index (χ1n) is 23.8. The first kappa shape index (κ1) is 48.0. The summed E-state index contributed by atoms with van der Waals surface area (Å²) < 4.78 is 11.5. The molecule has 2 aromatic rings. The summed E-state index contributed by atoms with van der Waals surface area (Å²) in [5.41, 5.74) is 1.46. The van der Waals surface area contributed by atoms with Crippen LogP contribution in [0, 0.1) is 34.5 Å². The van der Waals surface area contributed by atoms with Gasteiger partial charge in [0.15, 0.2) is 12.4 Å². The Bertz CT molecular complexity index is 2190. The van der Waals surface area contributed by atoms with Gasteiger partial charge in [-0.25, -0.2) is 9.59 Å². The fourth-order valence-electron chi connectivity index (χ4n) is 11.8. The number of amides is 1. The topological polar surface area (TPSA) is 177 Å². The summed E-state index contributed by atoms with van der Waals surface area (Å²) in [6.45, 7) is 6.16. The van der Waals surface area contributed by atoms with Gasteiger partial charge < -0.3 is 30.1 Å². The summed E-state index contributed by atoms with van der Waals surface area (Å²) in [7, 11) is 0. The molecule has 1 amide bonds. The van der Waals surface area contributed by atoms with Gasteiger partial charge >= 0.3 is 11.9 Å². The molecule has 65 heavy (non-hydrogen) atoms. The van der Waals surface area contributed by atoms with Crippen LogP contribution in [0.2, 0.25) is 0 Å². The predicted molar refractivity (Wildman–Crippen MR) is 246 cm³/mol. The lowest BCUT2D eigenvalue weighted by molar-refractivity contribution is -0.155. The maximum absolute atomic E-state index is 13.8. The molecule has 5 aliphatic rings. The zero-order valence-electron chi connectivity index (χ0n) is 38.2. The second kappa shape index (κ2) is 20.7. The minimum Gasteiger partial charge on any atom is -0.455 e. The lowest BCUT2D eigenvalue weighted by atomic mass is 9.50. The number of ether oxygens (including phenoxy) is 2. The van der Waals surface area contributed by atoms with Crippen LogP contribution >= 0.6 is 0 Å². The molecule has 0 heterocycles. The van der Waals surface area contributed by atoms with E-state index in [-0.39, 0.29) is 58.3 Å². The van der Waals surface area contributed by atoms with E-state index in [0.29, 0.717) is 57.9 Å². The van der Waals surface area contributed by atoms with E-state index < -0.39 is 53.7 Å². The number of benzene rings is 2. The number of nitrogens with one attached hydrogen (secondary N) is 1. The third-order valence-electron chi connectivity index (χ3n) is 15.6. The van der Waals surface area contributed by atoms with Crippen LogP contribution in [0.15, 0.2) is 102 Å². The van der Waals surface area contributed by atoms with Crippen LogP contribution in [-0.4, -0.2) is 81.8 Å². The van der Waals surface area contributed by atoms with Crippen LogP contribution in [-0.2, 0) is 30.3 Å². The van der Waals surface area contributed by atoms with Crippen molar-refractivity contribution in [2.45, 2.75) is 135 Å². The highest BCUT2D eigenvalue weighted by Gasteiger charge is 2.64. The van der Waals surface area contributed by atoms with E-state index in [1.54, 1.807) is 6.08 Å². The Morgan fingerprint density at radius 3 is 2.40 bits per heavy atom. The molecule has 11 nitrogen and oxygen atoms in total. The number of carbonyl (C=O) groups excluding carboxylic acids is 5. The summed E-state index contributed by atoms with van der Waals surface area (Å²) in [5.74, 6) is -1.92. The van der Waals surface area contributed by atoms with Gasteiger partial charge in [-0.2, -0.15) is 0 Å². The fourth-order valence-corrected chi connectivity index (χ4v) is 11.8. The number of unbranched alkanes of at least 4 members (excludes halogenated alkanes) is 1. The Morgan fingerprint density at radius 2 is 1.66 bits per heavy atom. The van der Waals surface area contributed by atoms with Gasteiger partial charge in [-0.3, -0.25) is 14.4 Å². The van der Waals surface area contributed by atoms with Crippen molar-refractivity contribution in [2.24, 2.45) is 34.5 Å². The number of Topliss-reactive ketones (excluding diaryl/α,β-unsaturated/α-hetero) is 1. The second-order valence-electron chi connectivity index (χ2n) is 19.5. The van der Waals surface area contributed by atoms with Crippen molar-refractivity contribution in [3.63, 3.8) is 0 Å². The van der Waals surface area contributed by atoms with Gasteiger partial charge in [-0.1, -0.05) is 79.6 Å². The molecule has 10 atom stereocenters. The van der Waals surface area contributed by atoms with Crippen LogP contribution in [0.5, 0.6) is 0 Å². The van der Waals surface area contributed by atoms with E-state index in [1.165, 1.54) is 35.4 Å². The van der Waals surface area contributed by atoms with Crippen LogP contribution in [0.1, 0.15) is 131 Å². The van der Waals surface area contributed by atoms with Gasteiger partial charge in [0, 0.05) is 42.6 Å². The quantitative estimate of drug-likeness (QED) is 0.0654. The summed E-state index contributed by atoms with van der Waals surface area (Å²) in [6, 6.07) is 15.7. The zero-order chi connectivity index (χ0) is 46.4. The van der Waals surface area contributed by atoms with Crippen LogP contribution in [0.3, 0.4) is 0 Å². The minimum absolute atomic E-state index is 0.0286. The molecule has 7 rings (SSSR count). The highest BCUT2D eigenvalue weighted by Crippen LogP contribution is 2.65. The highest BCUT2D eigenvalue weighted by atomic mass is 16.5. The summed E-state index contributed by atoms with van der Waals surface area (Å²) in [5, 5.41) is 36.7. The highest BCUT2D eigenvalue weighted by molar-refractivity contribution is 5.96. The molecule has 348 valence electrons. The van der Waals surface area contributed by atoms with Gasteiger partial charge in [0.25, 0.3) is 0 Å². The number of hydrogen-bond acceptors (Lipinski definition) is 10. The first-order valence-corrected chi connectivity index (χ1v) is 23.8. The number of rotatable bonds is 18. The SMILES string of the molecule is CCNC(=O)CCC/C=C\C[C@@H]1[C@@H](/C=C/[C@H](CCc2ccccc2)OC(=O)c2ccc(C(=O)OCC(=O)[C@@]3(O)CC[C@H]4[C@@H]5CCC6=CC(=O)CC[C@]6(C)C5=CC[C@@]43C)cc2)[C@H](O)C[C@@H]1O. The average Bonchev–Trinajstić information content (AvgIpc) is 3.74. The molecular weight excluding hydrogens is 823 g/mol. The van der Waals surface area contributed by atoms with Gasteiger partial charge in [-0.15, -0.1) is 0 Å². The average molecular weight is 890 g/mol. The summed E-state index contributed by atoms with van der Waals surface area (Å²) in [6.07, 6.45) is 18.0. The molecule has 5 aliphatic carbocycles. The maximum Gasteiger partial charge on any atom is 0.338 e. The maximum atomic E-state index is 13.8. The molecule has 0 aliphatic heterocycles. The van der Waals surface area contributed by atoms with Crippen molar-refractivity contribution >= 4 is 29.4 Å². The summed E-state index contributed by atoms with van der Waals surface area (Å²) in [4.78, 5) is 64.7. The standard InChI is InChI=1S/C54H67NO10/c1-4-55-49(60)15-11-6-5-10-14-41-42(47(58)33-46(41)57)25-23-40(22-16-35-12-8-7-9-13-35)65-51(62)37-19-17-36(18-20-37)50(61)64-34-48(59)54(63)31-28-45-43-24-21-38-32-39(56)26-29-52(38,2)44(43)27-30-53(45,54)3/h5,7-10,12-13,17-20,23,25,27,32,40-43,45-47,57-58,63H,4,6,11,14-16,21-22,24,26,28-31,33-34H2,1-3H3,(H,55,60)/b10-5-,25-23+/t40-,41+,42+,43+,45-,46-,47+,52-,53-,54-/m0/s1. The van der Waals surface area contributed by atoms with Crippen molar-refractivity contribution in [3.8, 4) is 0 Å². The van der Waals surface area contributed by atoms with Crippen LogP contribution < -0.4 is 5.32 Å². The van der Waals surface area contributed by atoms with E-state index in [4.69, 9.17) is 9.47 Å². The second-order valence-corrected chi connectivity index (χ2v) is 19.5. The summed E-state index contributed by atoms with van der Waals surface area (Å²) >= 11 is 0. The zero-order valence-corrected chi connectivity index (χ0v) is 38.2. The molecule has 0 unspecified atom stereocenters. The number of aliphatic hydroxyl groups is 3. The largest absolute Gasteiger partial charge is 0.455 e. The molecule has 11 heteroatoms. The number of esters is 2. The lowest BCUT2D eigenvalue weighted by Gasteiger charge is -2.54. The third kappa shape index (κ3) is 10.4. The van der Waals surface area contributed by atoms with Crippen molar-refractivity contribution in [3.05, 3.63) is 119 Å². The number of fused-ring (bicyclic) bond motifs is 5. The van der Waals surface area contributed by atoms with E-state index >= 15 is 0 Å². The van der Waals surface area contributed by atoms with Gasteiger partial charge in [0.1, 0.15) is 11.7 Å². The molecule has 3 saturated carbocycles. The molecule has 0 radical (unpaired) electrons. The number of allylic oxidation sites excluding steroid dienone is 6. The fraction of sp³-hybridized carbons (Fsp3) is 0.537. The smallest absolute Gasteiger partial charge is 0.338 e. The molecule has 2 aromatic carbocycles. The van der Waals surface area contributed by atoms with E-state index in [0.717, 1.165) is 37.7 Å². The Labute approximate surface area is 383 Å². The third-order valence-corrected chi connectivity index (χ3v) is 15.6. The first-order chi connectivity index (χ1) is 31.2. The Kier molecular flexibility index (Phi) is 15.3. The van der Waals surface area contributed by atoms with Crippen LogP contribution in [0.4, 0.5) is 0 Å². The molecule has 0 aromatic heterocycles. The Morgan fingerprint density at radius 1 is 0.923 bits per heavy atom. The van der Waals surface area contributed by atoms with E-state index in [9.17, 15) is 39.3 Å². The van der Waals surface area contributed by atoms with E-state index in [2.05, 4.69) is 18.3 Å². The molecule has 0 spiro atoms. The minimum atomic E-state index is -1.65. The molecule has 0 saturated heterocycles. The van der Waals surface area contributed by atoms with Crippen molar-refractivity contribution < 1.29 is 48.8 Å². The normalized spacial score (nSPS) is 31.1. The monoisotopic (exact) mass is 889 g/mol. The number of aliphatic hydroxyl groups excluding tert-OH is 2. The lowest BCUT2D eigenvalue weighted by Crippen LogP contribution is -2.55. The number of aryl methyl sites for hydroxylation is 1. The molecule has 4 N–H and O–H groups in total. The number of hydrogen-bond donors (Lipinski definition) is 4.